The summed E-state index contributed by atoms with van der Waals surface area (Å²) in [7, 11) is 1.33. The zero-order valence-electron chi connectivity index (χ0n) is 17.9. The molecule has 1 unspecified atom stereocenters. The Bertz CT molecular complexity index is 883. The molecule has 160 valence electrons. The molecule has 30 heavy (non-hydrogen) atoms. The Kier molecular flexibility index (Phi) is 9.96. The Morgan fingerprint density at radius 3 is 2.40 bits per heavy atom. The zero-order chi connectivity index (χ0) is 22.7. The summed E-state index contributed by atoms with van der Waals surface area (Å²) in [6.07, 6.45) is 13.3. The van der Waals surface area contributed by atoms with E-state index in [1.807, 2.05) is 13.0 Å². The number of allylic oxidation sites excluding steroid dienone is 9. The van der Waals surface area contributed by atoms with E-state index in [4.69, 9.17) is 9.47 Å². The molecular formula is C23H27NO6. The Balaban J connectivity index is 2.71. The van der Waals surface area contributed by atoms with Crippen molar-refractivity contribution in [3.63, 3.8) is 0 Å². The average Bonchev–Trinajstić information content (AvgIpc) is 3.09. The number of methoxy groups -OCH3 is 1. The predicted octanol–water partition coefficient (Wildman–Crippen LogP) is 3.22. The number of carbonyl (C=O) groups excluding carboxylic acids is 4. The van der Waals surface area contributed by atoms with Crippen LogP contribution in [-0.2, 0) is 28.7 Å². The fourth-order valence-corrected chi connectivity index (χ4v) is 2.55. The van der Waals surface area contributed by atoms with Crippen LogP contribution in [0.5, 0.6) is 0 Å². The van der Waals surface area contributed by atoms with Gasteiger partial charge in [-0.3, -0.25) is 14.4 Å². The van der Waals surface area contributed by atoms with Gasteiger partial charge in [0.05, 0.1) is 18.4 Å². The van der Waals surface area contributed by atoms with Crippen LogP contribution in [-0.4, -0.2) is 30.7 Å². The maximum atomic E-state index is 12.5. The summed E-state index contributed by atoms with van der Waals surface area (Å²) in [5.74, 6) is -2.45. The quantitative estimate of drug-likeness (QED) is 0.216. The third-order valence-electron chi connectivity index (χ3n) is 4.14. The van der Waals surface area contributed by atoms with Crippen LogP contribution >= 0.6 is 0 Å². The number of amides is 1. The van der Waals surface area contributed by atoms with Crippen molar-refractivity contribution in [1.82, 2.24) is 5.32 Å². The second kappa shape index (κ2) is 12.2. The van der Waals surface area contributed by atoms with E-state index in [0.717, 1.165) is 11.8 Å². The minimum absolute atomic E-state index is 0.164. The summed E-state index contributed by atoms with van der Waals surface area (Å²) in [6, 6.07) is 0. The van der Waals surface area contributed by atoms with Crippen LogP contribution in [0.3, 0.4) is 0 Å². The van der Waals surface area contributed by atoms with Gasteiger partial charge in [0.1, 0.15) is 12.2 Å². The van der Waals surface area contributed by atoms with Crippen LogP contribution in [0.2, 0.25) is 0 Å². The number of nitrogens with one attached hydrogen (secondary N) is 1. The molecule has 0 radical (unpaired) electrons. The second-order valence-corrected chi connectivity index (χ2v) is 6.58. The SMILES string of the molecule is C\C=C(/C=C(C)/C=C/C=C/C=C(\C)C(=O)C1C/C(=C\OC(C)=O)NC1=O)C(=O)OC. The molecular weight excluding hydrogens is 386 g/mol. The van der Waals surface area contributed by atoms with Gasteiger partial charge in [0.2, 0.25) is 5.91 Å². The summed E-state index contributed by atoms with van der Waals surface area (Å²) in [6.45, 7) is 6.49. The molecule has 0 aliphatic carbocycles. The molecule has 0 bridgehead atoms. The molecule has 1 aliphatic heterocycles. The van der Waals surface area contributed by atoms with E-state index in [0.29, 0.717) is 16.8 Å². The fraction of sp³-hybridized carbons (Fsp3) is 0.304. The number of hydrogen-bond donors (Lipinski definition) is 1. The summed E-state index contributed by atoms with van der Waals surface area (Å²) in [5, 5.41) is 2.54. The highest BCUT2D eigenvalue weighted by Gasteiger charge is 2.34. The van der Waals surface area contributed by atoms with Crippen molar-refractivity contribution in [3.8, 4) is 0 Å². The van der Waals surface area contributed by atoms with Crippen molar-refractivity contribution < 1.29 is 28.7 Å². The first kappa shape index (κ1) is 24.6. The van der Waals surface area contributed by atoms with Crippen LogP contribution in [0.15, 0.2) is 71.2 Å². The molecule has 1 fully saturated rings. The third-order valence-corrected chi connectivity index (χ3v) is 4.14. The molecule has 1 aliphatic rings. The van der Waals surface area contributed by atoms with E-state index in [1.165, 1.54) is 14.0 Å². The van der Waals surface area contributed by atoms with E-state index >= 15 is 0 Å². The van der Waals surface area contributed by atoms with Gasteiger partial charge in [-0.25, -0.2) is 4.79 Å². The van der Waals surface area contributed by atoms with Gasteiger partial charge in [0.25, 0.3) is 0 Å². The van der Waals surface area contributed by atoms with Crippen molar-refractivity contribution in [2.75, 3.05) is 7.11 Å². The summed E-state index contributed by atoms with van der Waals surface area (Å²) >= 11 is 0. The van der Waals surface area contributed by atoms with Crippen LogP contribution in [0.25, 0.3) is 0 Å². The van der Waals surface area contributed by atoms with Gasteiger partial charge in [-0.15, -0.1) is 0 Å². The third kappa shape index (κ3) is 7.87. The Labute approximate surface area is 176 Å². The van der Waals surface area contributed by atoms with Gasteiger partial charge in [-0.2, -0.15) is 0 Å². The molecule has 1 heterocycles. The number of hydrogen-bond acceptors (Lipinski definition) is 6. The monoisotopic (exact) mass is 413 g/mol. The Morgan fingerprint density at radius 2 is 1.80 bits per heavy atom. The van der Waals surface area contributed by atoms with Gasteiger partial charge >= 0.3 is 11.9 Å². The molecule has 7 heteroatoms. The molecule has 1 amide bonds. The lowest BCUT2D eigenvalue weighted by molar-refractivity contribution is -0.136. The zero-order valence-corrected chi connectivity index (χ0v) is 17.9. The molecule has 0 aromatic heterocycles. The van der Waals surface area contributed by atoms with Crippen molar-refractivity contribution in [2.24, 2.45) is 5.92 Å². The maximum Gasteiger partial charge on any atom is 0.337 e. The summed E-state index contributed by atoms with van der Waals surface area (Å²) in [4.78, 5) is 46.9. The van der Waals surface area contributed by atoms with Crippen molar-refractivity contribution in [1.29, 1.82) is 0 Å². The van der Waals surface area contributed by atoms with Crippen molar-refractivity contribution in [2.45, 2.75) is 34.1 Å². The van der Waals surface area contributed by atoms with Crippen molar-refractivity contribution in [3.05, 3.63) is 71.2 Å². The first-order chi connectivity index (χ1) is 14.2. The van der Waals surface area contributed by atoms with E-state index in [1.54, 1.807) is 50.3 Å². The lowest BCUT2D eigenvalue weighted by atomic mass is 9.96. The molecule has 0 aromatic rings. The minimum Gasteiger partial charge on any atom is -0.465 e. The first-order valence-corrected chi connectivity index (χ1v) is 9.35. The molecule has 7 nitrogen and oxygen atoms in total. The van der Waals surface area contributed by atoms with E-state index in [-0.39, 0.29) is 12.2 Å². The number of ether oxygens (including phenoxy) is 2. The number of rotatable bonds is 8. The van der Waals surface area contributed by atoms with E-state index in [9.17, 15) is 19.2 Å². The molecule has 1 atom stereocenters. The lowest BCUT2D eigenvalue weighted by Crippen LogP contribution is -2.25. The number of carbonyl (C=O) groups is 4. The van der Waals surface area contributed by atoms with Crippen LogP contribution < -0.4 is 5.32 Å². The lowest BCUT2D eigenvalue weighted by Gasteiger charge is -2.04. The van der Waals surface area contributed by atoms with Crippen LogP contribution in [0, 0.1) is 5.92 Å². The van der Waals surface area contributed by atoms with Crippen molar-refractivity contribution >= 4 is 23.6 Å². The average molecular weight is 413 g/mol. The molecule has 1 rings (SSSR count). The number of Topliss-reactive ketones (excluding diaryl/α,β-unsaturated/α-hetero) is 1. The van der Waals surface area contributed by atoms with Gasteiger partial charge < -0.3 is 14.8 Å². The maximum absolute atomic E-state index is 12.5. The molecule has 1 N–H and O–H groups in total. The van der Waals surface area contributed by atoms with Crippen LogP contribution in [0.1, 0.15) is 34.1 Å². The van der Waals surface area contributed by atoms with Crippen LogP contribution in [0.4, 0.5) is 0 Å². The highest BCUT2D eigenvalue weighted by Crippen LogP contribution is 2.22. The summed E-state index contributed by atoms with van der Waals surface area (Å²) in [5.41, 5.74) is 2.14. The second-order valence-electron chi connectivity index (χ2n) is 6.58. The van der Waals surface area contributed by atoms with E-state index in [2.05, 4.69) is 5.32 Å². The van der Waals surface area contributed by atoms with Gasteiger partial charge in [-0.05, 0) is 32.4 Å². The fourth-order valence-electron chi connectivity index (χ4n) is 2.55. The Hall–Kier alpha value is -3.48. The standard InChI is InChI=1S/C23H27NO6/c1-6-18(23(28)29-5)12-15(2)10-8-7-9-11-16(3)21(26)20-13-19(24-22(20)27)14-30-17(4)25/h6-12,14,20H,13H2,1-5H3,(H,24,27)/b9-7+,10-8+,15-12+,16-11+,18-6+,19-14+. The largest absolute Gasteiger partial charge is 0.465 e. The topological polar surface area (TPSA) is 98.8 Å². The smallest absolute Gasteiger partial charge is 0.337 e. The van der Waals surface area contributed by atoms with E-state index < -0.39 is 23.8 Å². The molecule has 0 spiro atoms. The first-order valence-electron chi connectivity index (χ1n) is 9.35. The highest BCUT2D eigenvalue weighted by molar-refractivity contribution is 6.11. The highest BCUT2D eigenvalue weighted by atomic mass is 16.5. The van der Waals surface area contributed by atoms with Gasteiger partial charge in [0, 0.05) is 13.3 Å². The summed E-state index contributed by atoms with van der Waals surface area (Å²) < 4.78 is 9.42. The molecule has 0 saturated carbocycles. The predicted molar refractivity (Wildman–Crippen MR) is 113 cm³/mol. The Morgan fingerprint density at radius 1 is 1.10 bits per heavy atom. The number of esters is 2. The minimum atomic E-state index is -0.838. The molecule has 1 saturated heterocycles. The van der Waals surface area contributed by atoms with Gasteiger partial charge in [-0.1, -0.05) is 42.0 Å². The van der Waals surface area contributed by atoms with Gasteiger partial charge in [0.15, 0.2) is 5.78 Å². The number of ketones is 1. The normalized spacial score (nSPS) is 19.5. The molecule has 0 aromatic carbocycles.